The Morgan fingerprint density at radius 2 is 2.11 bits per heavy atom. The van der Waals surface area contributed by atoms with Crippen molar-refractivity contribution in [2.24, 2.45) is 0 Å². The molecule has 3 rings (SSSR count). The number of hydrogen-bond acceptors (Lipinski definition) is 4. The fourth-order valence-electron chi connectivity index (χ4n) is 1.76. The largest absolute Gasteiger partial charge is 0.329 e. The minimum Gasteiger partial charge on any atom is -0.329 e. The molecule has 6 heteroatoms. The van der Waals surface area contributed by atoms with Crippen molar-refractivity contribution in [1.82, 2.24) is 4.98 Å². The number of benzene rings is 1. The van der Waals surface area contributed by atoms with E-state index >= 15 is 0 Å². The molecule has 1 fully saturated rings. The van der Waals surface area contributed by atoms with Gasteiger partial charge in [-0.05, 0) is 25.0 Å². The lowest BCUT2D eigenvalue weighted by Gasteiger charge is -2.05. The summed E-state index contributed by atoms with van der Waals surface area (Å²) in [7, 11) is 0. The predicted molar refractivity (Wildman–Crippen MR) is 68.4 cm³/mol. The van der Waals surface area contributed by atoms with Crippen molar-refractivity contribution in [3.8, 4) is 6.07 Å². The summed E-state index contributed by atoms with van der Waals surface area (Å²) >= 11 is 1.36. The fraction of sp³-hybridized carbons (Fsp3) is 0.231. The average Bonchev–Trinajstić information content (AvgIpc) is 3.16. The van der Waals surface area contributed by atoms with Crippen molar-refractivity contribution in [1.29, 1.82) is 5.26 Å². The maximum Gasteiger partial charge on any atom is 0.187 e. The van der Waals surface area contributed by atoms with Crippen molar-refractivity contribution >= 4 is 22.2 Å². The first-order chi connectivity index (χ1) is 9.19. The van der Waals surface area contributed by atoms with Crippen molar-refractivity contribution < 1.29 is 8.78 Å². The monoisotopic (exact) mass is 277 g/mol. The van der Waals surface area contributed by atoms with Crippen molar-refractivity contribution in [3.63, 3.8) is 0 Å². The number of aromatic nitrogens is 1. The molecule has 0 aliphatic heterocycles. The molecule has 0 saturated heterocycles. The normalized spacial score (nSPS) is 14.2. The van der Waals surface area contributed by atoms with Crippen LogP contribution in [0.15, 0.2) is 17.5 Å². The molecule has 1 N–H and O–H groups in total. The molecule has 1 aromatic heterocycles. The van der Waals surface area contributed by atoms with Crippen LogP contribution in [0.1, 0.15) is 30.0 Å². The van der Waals surface area contributed by atoms with E-state index in [1.807, 2.05) is 5.38 Å². The summed E-state index contributed by atoms with van der Waals surface area (Å²) in [5, 5.41) is 13.8. The number of hydrogen-bond donors (Lipinski definition) is 1. The summed E-state index contributed by atoms with van der Waals surface area (Å²) in [6, 6.07) is 4.19. The van der Waals surface area contributed by atoms with Gasteiger partial charge in [-0.15, -0.1) is 11.3 Å². The molecular formula is C13H9F2N3S. The van der Waals surface area contributed by atoms with Gasteiger partial charge in [0.25, 0.3) is 0 Å². The smallest absolute Gasteiger partial charge is 0.187 e. The Morgan fingerprint density at radius 1 is 1.32 bits per heavy atom. The van der Waals surface area contributed by atoms with Crippen LogP contribution < -0.4 is 5.32 Å². The number of nitrogens with zero attached hydrogens (tertiary/aromatic N) is 2. The summed E-state index contributed by atoms with van der Waals surface area (Å²) in [5.74, 6) is -1.66. The maximum atomic E-state index is 13.7. The standard InChI is InChI=1S/C13H9F2N3S/c14-11-8(5-16)3-4-9(12(11)15)17-13-18-10(6-19-13)7-1-2-7/h3-4,6-7H,1-2H2,(H,17,18). The SMILES string of the molecule is N#Cc1ccc(Nc2nc(C3CC3)cs2)c(F)c1F. The van der Waals surface area contributed by atoms with E-state index in [2.05, 4.69) is 10.3 Å². The van der Waals surface area contributed by atoms with Crippen LogP contribution in [-0.4, -0.2) is 4.98 Å². The highest BCUT2D eigenvalue weighted by Gasteiger charge is 2.26. The van der Waals surface area contributed by atoms with E-state index in [9.17, 15) is 8.78 Å². The number of nitrogens with one attached hydrogen (secondary N) is 1. The summed E-state index contributed by atoms with van der Waals surface area (Å²) < 4.78 is 27.2. The van der Waals surface area contributed by atoms with Gasteiger partial charge in [0.05, 0.1) is 16.9 Å². The molecule has 0 bridgehead atoms. The highest BCUT2D eigenvalue weighted by Crippen LogP contribution is 2.41. The van der Waals surface area contributed by atoms with Gasteiger partial charge in [0.1, 0.15) is 6.07 Å². The molecule has 2 aromatic rings. The Balaban J connectivity index is 1.86. The first kappa shape index (κ1) is 12.1. The third kappa shape index (κ3) is 2.29. The number of halogens is 2. The van der Waals surface area contributed by atoms with Gasteiger partial charge < -0.3 is 5.32 Å². The molecule has 3 nitrogen and oxygen atoms in total. The lowest BCUT2D eigenvalue weighted by atomic mass is 10.2. The molecule has 19 heavy (non-hydrogen) atoms. The van der Waals surface area contributed by atoms with E-state index in [-0.39, 0.29) is 11.3 Å². The van der Waals surface area contributed by atoms with Crippen LogP contribution in [0.3, 0.4) is 0 Å². The molecule has 96 valence electrons. The van der Waals surface area contributed by atoms with E-state index in [1.54, 1.807) is 6.07 Å². The molecule has 1 heterocycles. The van der Waals surface area contributed by atoms with Gasteiger partial charge in [-0.25, -0.2) is 13.8 Å². The minimum atomic E-state index is -1.13. The van der Waals surface area contributed by atoms with Crippen LogP contribution in [0, 0.1) is 23.0 Å². The highest BCUT2D eigenvalue weighted by atomic mass is 32.1. The van der Waals surface area contributed by atoms with Crippen LogP contribution >= 0.6 is 11.3 Å². The van der Waals surface area contributed by atoms with Gasteiger partial charge >= 0.3 is 0 Å². The molecule has 0 radical (unpaired) electrons. The lowest BCUT2D eigenvalue weighted by Crippen LogP contribution is -1.98. The zero-order valence-corrected chi connectivity index (χ0v) is 10.6. The predicted octanol–water partition coefficient (Wildman–Crippen LogP) is 3.91. The Labute approximate surface area is 112 Å². The van der Waals surface area contributed by atoms with Crippen molar-refractivity contribution in [2.75, 3.05) is 5.32 Å². The van der Waals surface area contributed by atoms with E-state index < -0.39 is 11.6 Å². The minimum absolute atomic E-state index is 0.00630. The van der Waals surface area contributed by atoms with Crippen molar-refractivity contribution in [2.45, 2.75) is 18.8 Å². The fourth-order valence-corrected chi connectivity index (χ4v) is 2.56. The summed E-state index contributed by atoms with van der Waals surface area (Å²) in [4.78, 5) is 4.33. The van der Waals surface area contributed by atoms with Gasteiger partial charge in [0.2, 0.25) is 0 Å². The number of nitriles is 1. The van der Waals surface area contributed by atoms with E-state index in [0.717, 1.165) is 18.5 Å². The Kier molecular flexibility index (Phi) is 2.91. The molecular weight excluding hydrogens is 268 g/mol. The van der Waals surface area contributed by atoms with Crippen molar-refractivity contribution in [3.05, 3.63) is 40.4 Å². The second-order valence-corrected chi connectivity index (χ2v) is 5.24. The zero-order chi connectivity index (χ0) is 13.4. The van der Waals surface area contributed by atoms with Crippen LogP contribution in [0.2, 0.25) is 0 Å². The van der Waals surface area contributed by atoms with E-state index in [0.29, 0.717) is 11.0 Å². The highest BCUT2D eigenvalue weighted by molar-refractivity contribution is 7.13. The van der Waals surface area contributed by atoms with E-state index in [4.69, 9.17) is 5.26 Å². The van der Waals surface area contributed by atoms with Crippen LogP contribution in [-0.2, 0) is 0 Å². The third-order valence-electron chi connectivity index (χ3n) is 2.96. The van der Waals surface area contributed by atoms with Crippen LogP contribution in [0.4, 0.5) is 19.6 Å². The molecule has 0 amide bonds. The molecule has 1 aromatic carbocycles. The topological polar surface area (TPSA) is 48.7 Å². The van der Waals surface area contributed by atoms with Gasteiger partial charge in [-0.2, -0.15) is 5.26 Å². The van der Waals surface area contributed by atoms with E-state index in [1.165, 1.54) is 23.5 Å². The first-order valence-corrected chi connectivity index (χ1v) is 6.67. The van der Waals surface area contributed by atoms with Gasteiger partial charge in [0, 0.05) is 11.3 Å². The zero-order valence-electron chi connectivity index (χ0n) is 9.78. The second kappa shape index (κ2) is 4.59. The second-order valence-electron chi connectivity index (χ2n) is 4.38. The number of anilines is 2. The molecule has 0 unspecified atom stereocenters. The van der Waals surface area contributed by atoms with Crippen LogP contribution in [0.5, 0.6) is 0 Å². The summed E-state index contributed by atoms with van der Waals surface area (Å²) in [6.07, 6.45) is 2.28. The molecule has 1 saturated carbocycles. The molecule has 0 atom stereocenters. The molecule has 1 aliphatic carbocycles. The maximum absolute atomic E-state index is 13.7. The lowest BCUT2D eigenvalue weighted by molar-refractivity contribution is 0.509. The molecule has 0 spiro atoms. The Hall–Kier alpha value is -2.00. The summed E-state index contributed by atoms with van der Waals surface area (Å²) in [6.45, 7) is 0. The van der Waals surface area contributed by atoms with Gasteiger partial charge in [0.15, 0.2) is 16.8 Å². The molecule has 1 aliphatic rings. The number of rotatable bonds is 3. The average molecular weight is 277 g/mol. The van der Waals surface area contributed by atoms with Gasteiger partial charge in [-0.3, -0.25) is 0 Å². The number of thiazole rings is 1. The Morgan fingerprint density at radius 3 is 2.79 bits per heavy atom. The summed E-state index contributed by atoms with van der Waals surface area (Å²) in [5.41, 5.74) is 0.691. The third-order valence-corrected chi connectivity index (χ3v) is 3.74. The van der Waals surface area contributed by atoms with Gasteiger partial charge in [-0.1, -0.05) is 0 Å². The van der Waals surface area contributed by atoms with Crippen LogP contribution in [0.25, 0.3) is 0 Å². The quantitative estimate of drug-likeness (QED) is 0.925. The first-order valence-electron chi connectivity index (χ1n) is 5.79. The Bertz CT molecular complexity index is 671.